The number of rotatable bonds is 4. The smallest absolute Gasteiger partial charge is 0.156 e. The third-order valence-electron chi connectivity index (χ3n) is 9.75. The zero-order valence-electron chi connectivity index (χ0n) is 21.9. The number of aliphatic hydroxyl groups is 1. The highest BCUT2D eigenvalue weighted by atomic mass is 16.5. The van der Waals surface area contributed by atoms with Gasteiger partial charge in [-0.05, 0) is 97.8 Å². The lowest BCUT2D eigenvalue weighted by atomic mass is 9.51. The molecule has 5 atom stereocenters. The molecule has 0 unspecified atom stereocenters. The van der Waals surface area contributed by atoms with Crippen LogP contribution in [0.25, 0.3) is 0 Å². The molecule has 0 saturated heterocycles. The zero-order valence-corrected chi connectivity index (χ0v) is 21.9. The molecule has 2 fully saturated rings. The van der Waals surface area contributed by atoms with Crippen LogP contribution in [-0.4, -0.2) is 16.5 Å². The number of hydrogen-bond acceptors (Lipinski definition) is 3. The summed E-state index contributed by atoms with van der Waals surface area (Å²) in [5.41, 5.74) is 5.46. The Morgan fingerprint density at radius 3 is 2.57 bits per heavy atom. The zero-order chi connectivity index (χ0) is 25.6. The van der Waals surface area contributed by atoms with Gasteiger partial charge in [0.2, 0.25) is 0 Å². The van der Waals surface area contributed by atoms with E-state index < -0.39 is 5.60 Å². The van der Waals surface area contributed by atoms with Gasteiger partial charge in [-0.15, -0.1) is 5.92 Å². The van der Waals surface area contributed by atoms with Crippen LogP contribution in [0.1, 0.15) is 75.8 Å². The van der Waals surface area contributed by atoms with Gasteiger partial charge in [0.15, 0.2) is 5.78 Å². The topological polar surface area (TPSA) is 46.5 Å². The Morgan fingerprint density at radius 2 is 1.81 bits per heavy atom. The molecule has 0 aromatic heterocycles. The van der Waals surface area contributed by atoms with E-state index in [1.165, 1.54) is 16.7 Å². The van der Waals surface area contributed by atoms with E-state index in [0.717, 1.165) is 49.8 Å². The number of ketones is 1. The maximum absolute atomic E-state index is 12.3. The fourth-order valence-electron chi connectivity index (χ4n) is 7.91. The molecule has 1 N–H and O–H groups in total. The van der Waals surface area contributed by atoms with Crippen LogP contribution in [0.5, 0.6) is 5.75 Å². The number of benzene rings is 2. The van der Waals surface area contributed by atoms with Gasteiger partial charge in [-0.1, -0.05) is 60.9 Å². The molecule has 2 saturated carbocycles. The number of carbonyl (C=O) groups excluding carboxylic acids is 1. The van der Waals surface area contributed by atoms with Gasteiger partial charge in [0.05, 0.1) is 0 Å². The van der Waals surface area contributed by atoms with Crippen molar-refractivity contribution in [2.45, 2.75) is 76.9 Å². The lowest BCUT2D eigenvalue weighted by Gasteiger charge is -2.53. The van der Waals surface area contributed by atoms with E-state index in [1.54, 1.807) is 5.57 Å². The molecule has 0 heterocycles. The molecule has 2 aromatic carbocycles. The van der Waals surface area contributed by atoms with Crippen LogP contribution in [0.4, 0.5) is 0 Å². The third-order valence-corrected chi connectivity index (χ3v) is 9.75. The van der Waals surface area contributed by atoms with E-state index in [-0.39, 0.29) is 17.1 Å². The Labute approximate surface area is 220 Å². The summed E-state index contributed by atoms with van der Waals surface area (Å²) < 4.78 is 6.08. The van der Waals surface area contributed by atoms with Crippen molar-refractivity contribution >= 4 is 5.78 Å². The molecule has 0 spiro atoms. The van der Waals surface area contributed by atoms with Crippen LogP contribution >= 0.6 is 0 Å². The molecule has 37 heavy (non-hydrogen) atoms. The van der Waals surface area contributed by atoms with Crippen molar-refractivity contribution in [3.05, 3.63) is 88.5 Å². The molecule has 4 aliphatic carbocycles. The summed E-state index contributed by atoms with van der Waals surface area (Å²) in [4.78, 5) is 12.3. The van der Waals surface area contributed by atoms with Crippen molar-refractivity contribution in [2.75, 3.05) is 0 Å². The molecular formula is C34H36O3. The highest BCUT2D eigenvalue weighted by molar-refractivity contribution is 5.93. The van der Waals surface area contributed by atoms with E-state index in [4.69, 9.17) is 4.74 Å². The second-order valence-corrected chi connectivity index (χ2v) is 11.6. The summed E-state index contributed by atoms with van der Waals surface area (Å²) in [5, 5.41) is 11.8. The van der Waals surface area contributed by atoms with Crippen LogP contribution in [0, 0.1) is 29.1 Å². The second-order valence-electron chi connectivity index (χ2n) is 11.6. The molecule has 3 nitrogen and oxygen atoms in total. The summed E-state index contributed by atoms with van der Waals surface area (Å²) in [6, 6.07) is 18.8. The van der Waals surface area contributed by atoms with E-state index in [0.29, 0.717) is 24.9 Å². The Hall–Kier alpha value is -3.09. The van der Waals surface area contributed by atoms with Gasteiger partial charge < -0.3 is 9.84 Å². The fraction of sp³-hybridized carbons (Fsp3) is 0.441. The highest BCUT2D eigenvalue weighted by Gasteiger charge is 2.62. The molecule has 0 amide bonds. The predicted molar refractivity (Wildman–Crippen MR) is 146 cm³/mol. The molecule has 2 aromatic rings. The number of ether oxygens (including phenoxy) is 1. The van der Waals surface area contributed by atoms with Gasteiger partial charge in [0.25, 0.3) is 0 Å². The van der Waals surface area contributed by atoms with Crippen molar-refractivity contribution in [3.8, 4) is 17.6 Å². The van der Waals surface area contributed by atoms with Crippen molar-refractivity contribution in [2.24, 2.45) is 17.3 Å². The van der Waals surface area contributed by atoms with Crippen LogP contribution in [0.15, 0.2) is 77.4 Å². The quantitative estimate of drug-likeness (QED) is 0.471. The Balaban J connectivity index is 1.38. The van der Waals surface area contributed by atoms with Crippen molar-refractivity contribution in [1.29, 1.82) is 0 Å². The largest absolute Gasteiger partial charge is 0.489 e. The van der Waals surface area contributed by atoms with Crippen LogP contribution in [0.3, 0.4) is 0 Å². The summed E-state index contributed by atoms with van der Waals surface area (Å²) in [6.07, 6.45) is 8.05. The second kappa shape index (κ2) is 9.34. The van der Waals surface area contributed by atoms with Crippen molar-refractivity contribution < 1.29 is 14.6 Å². The molecular weight excluding hydrogens is 456 g/mol. The minimum absolute atomic E-state index is 0.213. The van der Waals surface area contributed by atoms with E-state index in [2.05, 4.69) is 55.2 Å². The lowest BCUT2D eigenvalue weighted by Crippen LogP contribution is -2.51. The summed E-state index contributed by atoms with van der Waals surface area (Å²) >= 11 is 0. The monoisotopic (exact) mass is 492 g/mol. The number of allylic oxidation sites excluding steroid dienone is 4. The molecule has 6 rings (SSSR count). The fourth-order valence-corrected chi connectivity index (χ4v) is 7.91. The van der Waals surface area contributed by atoms with Crippen LogP contribution in [0.2, 0.25) is 0 Å². The SMILES string of the molecule is CC#C[C@]1(O)CC[C@H]2[C@@H]3CCC4=CC(=O)CCC4=C3[C@@H](c3ccc(OCc4ccccc4)cc3)C[C@@]21C. The summed E-state index contributed by atoms with van der Waals surface area (Å²) in [6.45, 7) is 4.68. The molecule has 3 heteroatoms. The molecule has 4 aliphatic rings. The van der Waals surface area contributed by atoms with Crippen LogP contribution in [-0.2, 0) is 11.4 Å². The lowest BCUT2D eigenvalue weighted by molar-refractivity contribution is -0.114. The maximum atomic E-state index is 12.3. The highest BCUT2D eigenvalue weighted by Crippen LogP contribution is 2.66. The first-order chi connectivity index (χ1) is 17.9. The van der Waals surface area contributed by atoms with Gasteiger partial charge in [-0.25, -0.2) is 0 Å². The van der Waals surface area contributed by atoms with Crippen LogP contribution < -0.4 is 4.74 Å². The number of carbonyl (C=O) groups is 1. The Morgan fingerprint density at radius 1 is 1.03 bits per heavy atom. The van der Waals surface area contributed by atoms with E-state index in [9.17, 15) is 9.90 Å². The Bertz CT molecular complexity index is 1320. The minimum Gasteiger partial charge on any atom is -0.489 e. The normalized spacial score (nSPS) is 32.5. The van der Waals surface area contributed by atoms with Gasteiger partial charge >= 0.3 is 0 Å². The average Bonchev–Trinajstić information content (AvgIpc) is 3.17. The van der Waals surface area contributed by atoms with Gasteiger partial charge in [-0.3, -0.25) is 4.79 Å². The van der Waals surface area contributed by atoms with Crippen molar-refractivity contribution in [1.82, 2.24) is 0 Å². The first kappa shape index (κ1) is 24.3. The molecule has 190 valence electrons. The third kappa shape index (κ3) is 4.07. The van der Waals surface area contributed by atoms with Crippen molar-refractivity contribution in [3.63, 3.8) is 0 Å². The predicted octanol–water partition coefficient (Wildman–Crippen LogP) is 6.92. The van der Waals surface area contributed by atoms with E-state index in [1.807, 2.05) is 31.2 Å². The number of hydrogen-bond donors (Lipinski definition) is 1. The van der Waals surface area contributed by atoms with Gasteiger partial charge in [0.1, 0.15) is 18.0 Å². The average molecular weight is 493 g/mol. The first-order valence-electron chi connectivity index (χ1n) is 13.8. The maximum Gasteiger partial charge on any atom is 0.156 e. The molecule has 0 bridgehead atoms. The number of fused-ring (bicyclic) bond motifs is 4. The van der Waals surface area contributed by atoms with E-state index >= 15 is 0 Å². The summed E-state index contributed by atoms with van der Waals surface area (Å²) in [7, 11) is 0. The minimum atomic E-state index is -0.946. The standard InChI is InChI=1S/C34H36O3/c1-3-18-34(36)19-17-31-29-15-11-25-20-26(35)12-16-28(25)32(29)30(21-33(31,34)2)24-9-13-27(14-10-24)37-22-23-7-5-4-6-8-23/h4-10,13-14,20,29-31,36H,11-12,15-17,19,21-22H2,1-2H3/t29-,30+,31-,33-,34-/m0/s1. The molecule has 0 radical (unpaired) electrons. The summed E-state index contributed by atoms with van der Waals surface area (Å²) in [5.74, 6) is 8.49. The first-order valence-corrected chi connectivity index (χ1v) is 13.8. The van der Waals surface area contributed by atoms with Gasteiger partial charge in [-0.2, -0.15) is 0 Å². The molecule has 0 aliphatic heterocycles. The Kier molecular flexibility index (Phi) is 6.12. The van der Waals surface area contributed by atoms with Gasteiger partial charge in [0, 0.05) is 17.8 Å².